The second kappa shape index (κ2) is 5.84. The lowest BCUT2D eigenvalue weighted by atomic mass is 9.89. The molecular weight excluding hydrogens is 312 g/mol. The van der Waals surface area contributed by atoms with Crippen molar-refractivity contribution in [3.05, 3.63) is 53.7 Å². The summed E-state index contributed by atoms with van der Waals surface area (Å²) < 4.78 is 10.4. The zero-order valence-electron chi connectivity index (χ0n) is 13.2. The molecule has 1 atom stereocenters. The number of carbonyl (C=O) groups excluding carboxylic acids is 2. The number of carbonyl (C=O) groups is 2. The van der Waals surface area contributed by atoms with Crippen LogP contribution in [0, 0.1) is 0 Å². The van der Waals surface area contributed by atoms with Crippen molar-refractivity contribution < 1.29 is 24.2 Å². The van der Waals surface area contributed by atoms with Crippen LogP contribution in [0.15, 0.2) is 48.2 Å². The Balaban J connectivity index is 2.00. The maximum atomic E-state index is 12.6. The van der Waals surface area contributed by atoms with Crippen molar-refractivity contribution in [1.82, 2.24) is 10.3 Å². The molecule has 1 aliphatic heterocycles. The predicted octanol–water partition coefficient (Wildman–Crippen LogP) is 2.52. The van der Waals surface area contributed by atoms with Crippen LogP contribution < -0.4 is 5.32 Å². The highest BCUT2D eigenvalue weighted by Gasteiger charge is 2.49. The molecule has 124 valence electrons. The quantitative estimate of drug-likeness (QED) is 0.898. The molecule has 3 rings (SSSR count). The summed E-state index contributed by atoms with van der Waals surface area (Å²) in [6.07, 6.45) is 0.753. The van der Waals surface area contributed by atoms with E-state index in [4.69, 9.17) is 9.47 Å². The molecule has 0 radical (unpaired) electrons. The SMILES string of the molecule is CCOC(=O)NC1=C(O)C(=O)C(C)(c2ccnc3ccccc23)O1. The van der Waals surface area contributed by atoms with E-state index in [1.54, 1.807) is 19.2 Å². The van der Waals surface area contributed by atoms with Crippen LogP contribution in [-0.2, 0) is 19.9 Å². The Morgan fingerprint density at radius 3 is 2.88 bits per heavy atom. The van der Waals surface area contributed by atoms with Crippen LogP contribution in [-0.4, -0.2) is 28.6 Å². The number of hydrogen-bond donors (Lipinski definition) is 2. The van der Waals surface area contributed by atoms with Gasteiger partial charge in [0.05, 0.1) is 12.1 Å². The molecule has 24 heavy (non-hydrogen) atoms. The zero-order valence-corrected chi connectivity index (χ0v) is 13.2. The Hall–Kier alpha value is -3.09. The lowest BCUT2D eigenvalue weighted by molar-refractivity contribution is -0.131. The average molecular weight is 328 g/mol. The van der Waals surface area contributed by atoms with E-state index in [0.29, 0.717) is 11.1 Å². The molecule has 1 aliphatic rings. The summed E-state index contributed by atoms with van der Waals surface area (Å²) >= 11 is 0. The van der Waals surface area contributed by atoms with Crippen molar-refractivity contribution in [1.29, 1.82) is 0 Å². The molecule has 2 N–H and O–H groups in total. The number of nitrogens with zero attached hydrogens (tertiary/aromatic N) is 1. The van der Waals surface area contributed by atoms with Crippen molar-refractivity contribution in [2.45, 2.75) is 19.4 Å². The molecule has 0 aliphatic carbocycles. The summed E-state index contributed by atoms with van der Waals surface area (Å²) in [5.41, 5.74) is -0.231. The van der Waals surface area contributed by atoms with Gasteiger partial charge in [-0.3, -0.25) is 15.1 Å². The minimum absolute atomic E-state index is 0.153. The van der Waals surface area contributed by atoms with Gasteiger partial charge in [-0.2, -0.15) is 0 Å². The zero-order chi connectivity index (χ0) is 17.3. The number of alkyl carbamates (subject to hydrolysis) is 1. The van der Waals surface area contributed by atoms with Gasteiger partial charge in [0.25, 0.3) is 5.78 Å². The van der Waals surface area contributed by atoms with Crippen LogP contribution in [0.1, 0.15) is 19.4 Å². The first kappa shape index (κ1) is 15.8. The Morgan fingerprint density at radius 1 is 1.38 bits per heavy atom. The van der Waals surface area contributed by atoms with E-state index in [-0.39, 0.29) is 12.5 Å². The highest BCUT2D eigenvalue weighted by Crippen LogP contribution is 2.39. The first-order valence-corrected chi connectivity index (χ1v) is 7.42. The number of nitrogens with one attached hydrogen (secondary N) is 1. The number of fused-ring (bicyclic) bond motifs is 1. The number of hydrogen-bond acceptors (Lipinski definition) is 6. The average Bonchev–Trinajstić information content (AvgIpc) is 2.79. The number of pyridine rings is 1. The molecule has 1 aromatic heterocycles. The smallest absolute Gasteiger partial charge is 0.414 e. The summed E-state index contributed by atoms with van der Waals surface area (Å²) in [4.78, 5) is 28.4. The van der Waals surface area contributed by atoms with Crippen molar-refractivity contribution in [3.63, 3.8) is 0 Å². The van der Waals surface area contributed by atoms with Crippen LogP contribution in [0.4, 0.5) is 4.79 Å². The van der Waals surface area contributed by atoms with Gasteiger partial charge < -0.3 is 14.6 Å². The van der Waals surface area contributed by atoms with Gasteiger partial charge in [-0.25, -0.2) is 4.79 Å². The lowest BCUT2D eigenvalue weighted by Crippen LogP contribution is -2.32. The Bertz CT molecular complexity index is 856. The molecule has 1 unspecified atom stereocenters. The Morgan fingerprint density at radius 2 is 2.12 bits per heavy atom. The molecule has 0 spiro atoms. The minimum Gasteiger partial charge on any atom is -0.501 e. The molecule has 1 amide bonds. The number of Topliss-reactive ketones (excluding diaryl/α,β-unsaturated/α-hetero) is 1. The van der Waals surface area contributed by atoms with Gasteiger partial charge in [-0.05, 0) is 26.0 Å². The third-order valence-corrected chi connectivity index (χ3v) is 3.82. The first-order valence-electron chi connectivity index (χ1n) is 7.42. The number of amides is 1. The predicted molar refractivity (Wildman–Crippen MR) is 85.0 cm³/mol. The number of aliphatic hydroxyl groups is 1. The van der Waals surface area contributed by atoms with Crippen LogP contribution in [0.3, 0.4) is 0 Å². The molecule has 2 heterocycles. The standard InChI is InChI=1S/C17H16N2O5/c1-3-23-16(22)19-15-13(20)14(21)17(2,24-15)11-8-9-18-12-7-5-4-6-10(11)12/h4-9,20H,3H2,1-2H3,(H,19,22). The summed E-state index contributed by atoms with van der Waals surface area (Å²) in [6.45, 7) is 3.33. The van der Waals surface area contributed by atoms with Gasteiger partial charge in [0.1, 0.15) is 0 Å². The summed E-state index contributed by atoms with van der Waals surface area (Å²) in [6, 6.07) is 8.93. The van der Waals surface area contributed by atoms with E-state index >= 15 is 0 Å². The molecule has 0 saturated heterocycles. The van der Waals surface area contributed by atoms with Gasteiger partial charge in [-0.1, -0.05) is 18.2 Å². The maximum absolute atomic E-state index is 12.6. The first-order chi connectivity index (χ1) is 11.5. The van der Waals surface area contributed by atoms with Crippen molar-refractivity contribution in [3.8, 4) is 0 Å². The number of aromatic nitrogens is 1. The molecule has 0 fully saturated rings. The second-order valence-electron chi connectivity index (χ2n) is 5.36. The van der Waals surface area contributed by atoms with Crippen LogP contribution >= 0.6 is 0 Å². The van der Waals surface area contributed by atoms with Gasteiger partial charge >= 0.3 is 6.09 Å². The van der Waals surface area contributed by atoms with Crippen LogP contribution in [0.25, 0.3) is 10.9 Å². The number of ether oxygens (including phenoxy) is 2. The van der Waals surface area contributed by atoms with Gasteiger partial charge in [0, 0.05) is 17.1 Å². The third kappa shape index (κ3) is 2.44. The van der Waals surface area contributed by atoms with Crippen LogP contribution in [0.2, 0.25) is 0 Å². The number of benzene rings is 1. The van der Waals surface area contributed by atoms with Crippen molar-refractivity contribution in [2.75, 3.05) is 6.61 Å². The Kier molecular flexibility index (Phi) is 3.84. The molecular formula is C17H16N2O5. The fourth-order valence-electron chi connectivity index (χ4n) is 2.66. The van der Waals surface area contributed by atoms with E-state index in [2.05, 4.69) is 10.3 Å². The molecule has 0 saturated carbocycles. The van der Waals surface area contributed by atoms with Crippen LogP contribution in [0.5, 0.6) is 0 Å². The number of para-hydroxylation sites is 1. The molecule has 7 heteroatoms. The number of aliphatic hydroxyl groups excluding tert-OH is 1. The number of ketones is 1. The van der Waals surface area contributed by atoms with Gasteiger partial charge in [-0.15, -0.1) is 0 Å². The maximum Gasteiger partial charge on any atom is 0.414 e. The monoisotopic (exact) mass is 328 g/mol. The highest BCUT2D eigenvalue weighted by atomic mass is 16.6. The van der Waals surface area contributed by atoms with Gasteiger partial charge in [0.15, 0.2) is 5.60 Å². The largest absolute Gasteiger partial charge is 0.501 e. The lowest BCUT2D eigenvalue weighted by Gasteiger charge is -2.24. The summed E-state index contributed by atoms with van der Waals surface area (Å²) in [5.74, 6) is -1.61. The Labute approximate surface area is 137 Å². The van der Waals surface area contributed by atoms with E-state index in [1.165, 1.54) is 6.92 Å². The summed E-state index contributed by atoms with van der Waals surface area (Å²) in [7, 11) is 0. The van der Waals surface area contributed by atoms with E-state index in [1.807, 2.05) is 24.3 Å². The molecule has 1 aromatic carbocycles. The molecule has 7 nitrogen and oxygen atoms in total. The number of rotatable bonds is 3. The highest BCUT2D eigenvalue weighted by molar-refractivity contribution is 6.05. The second-order valence-corrected chi connectivity index (χ2v) is 5.36. The van der Waals surface area contributed by atoms with E-state index in [0.717, 1.165) is 5.39 Å². The van der Waals surface area contributed by atoms with Gasteiger partial charge in [0.2, 0.25) is 11.6 Å². The van der Waals surface area contributed by atoms with Crippen molar-refractivity contribution >= 4 is 22.8 Å². The fourth-order valence-corrected chi connectivity index (χ4v) is 2.66. The minimum atomic E-state index is -1.47. The van der Waals surface area contributed by atoms with E-state index < -0.39 is 23.2 Å². The fraction of sp³-hybridized carbons (Fsp3) is 0.235. The van der Waals surface area contributed by atoms with E-state index in [9.17, 15) is 14.7 Å². The topological polar surface area (TPSA) is 97.8 Å². The molecule has 0 bridgehead atoms. The molecule has 2 aromatic rings. The normalized spacial score (nSPS) is 20.2. The summed E-state index contributed by atoms with van der Waals surface area (Å²) in [5, 5.41) is 13.0. The van der Waals surface area contributed by atoms with Crippen molar-refractivity contribution in [2.24, 2.45) is 0 Å². The third-order valence-electron chi connectivity index (χ3n) is 3.82.